The number of aromatic nitrogens is 2. The summed E-state index contributed by atoms with van der Waals surface area (Å²) in [6.45, 7) is 15.2. The second kappa shape index (κ2) is 8.53. The molecule has 1 aliphatic heterocycles. The van der Waals surface area contributed by atoms with Crippen molar-refractivity contribution in [1.29, 1.82) is 0 Å². The normalized spacial score (nSPS) is 18.9. The van der Waals surface area contributed by atoms with E-state index >= 15 is 0 Å². The number of rotatable bonds is 4. The molecule has 0 bridgehead atoms. The summed E-state index contributed by atoms with van der Waals surface area (Å²) in [6, 6.07) is 0.0125. The van der Waals surface area contributed by atoms with E-state index in [1.54, 1.807) is 4.90 Å². The number of carbonyl (C=O) groups is 2. The van der Waals surface area contributed by atoms with Gasteiger partial charge in [0.25, 0.3) is 0 Å². The minimum absolute atomic E-state index is 0.0125. The van der Waals surface area contributed by atoms with Crippen LogP contribution in [0.3, 0.4) is 0 Å². The van der Waals surface area contributed by atoms with Crippen molar-refractivity contribution in [2.75, 3.05) is 19.6 Å². The molecule has 28 heavy (non-hydrogen) atoms. The Morgan fingerprint density at radius 2 is 1.89 bits per heavy atom. The van der Waals surface area contributed by atoms with Gasteiger partial charge in [0.2, 0.25) is 5.91 Å². The fourth-order valence-corrected chi connectivity index (χ4v) is 4.01. The van der Waals surface area contributed by atoms with Crippen molar-refractivity contribution in [3.05, 3.63) is 17.0 Å². The molecule has 0 aliphatic carbocycles. The molecule has 0 aromatic carbocycles. The third-order valence-corrected chi connectivity index (χ3v) is 5.41. The van der Waals surface area contributed by atoms with Crippen LogP contribution in [0.2, 0.25) is 0 Å². The fourth-order valence-electron chi connectivity index (χ4n) is 4.01. The SMILES string of the molecule is CCCC1CN(C(=O)OC(C)(C)C)CCN1C(=O)C(C)c1c(C)nn(C)c1C. The first kappa shape index (κ1) is 22.2. The Kier molecular flexibility index (Phi) is 6.78. The molecule has 2 atom stereocenters. The maximum Gasteiger partial charge on any atom is 0.410 e. The Balaban J connectivity index is 2.16. The van der Waals surface area contributed by atoms with Gasteiger partial charge in [-0.05, 0) is 48.0 Å². The summed E-state index contributed by atoms with van der Waals surface area (Å²) in [5, 5.41) is 4.46. The molecule has 1 aliphatic rings. The summed E-state index contributed by atoms with van der Waals surface area (Å²) < 4.78 is 7.35. The molecule has 158 valence electrons. The van der Waals surface area contributed by atoms with Crippen LogP contribution in [0.4, 0.5) is 4.79 Å². The zero-order valence-corrected chi connectivity index (χ0v) is 18.7. The van der Waals surface area contributed by atoms with Gasteiger partial charge < -0.3 is 14.5 Å². The van der Waals surface area contributed by atoms with Crippen LogP contribution in [-0.4, -0.2) is 62.9 Å². The van der Waals surface area contributed by atoms with E-state index in [0.29, 0.717) is 19.6 Å². The maximum atomic E-state index is 13.4. The number of hydrogen-bond donors (Lipinski definition) is 0. The lowest BCUT2D eigenvalue weighted by atomic mass is 9.95. The Morgan fingerprint density at radius 1 is 1.25 bits per heavy atom. The van der Waals surface area contributed by atoms with Gasteiger partial charge in [-0.1, -0.05) is 13.3 Å². The Labute approximate surface area is 169 Å². The molecular formula is C21H36N4O3. The van der Waals surface area contributed by atoms with E-state index in [1.807, 2.05) is 58.2 Å². The van der Waals surface area contributed by atoms with Crippen molar-refractivity contribution >= 4 is 12.0 Å². The van der Waals surface area contributed by atoms with Crippen LogP contribution in [0.5, 0.6) is 0 Å². The summed E-state index contributed by atoms with van der Waals surface area (Å²) in [4.78, 5) is 29.5. The molecule has 1 aromatic heterocycles. The van der Waals surface area contributed by atoms with Crippen molar-refractivity contribution in [2.24, 2.45) is 7.05 Å². The van der Waals surface area contributed by atoms with Gasteiger partial charge in [-0.3, -0.25) is 9.48 Å². The van der Waals surface area contributed by atoms with Gasteiger partial charge in [-0.25, -0.2) is 4.79 Å². The molecule has 0 radical (unpaired) electrons. The fraction of sp³-hybridized carbons (Fsp3) is 0.762. The monoisotopic (exact) mass is 392 g/mol. The number of amides is 2. The van der Waals surface area contributed by atoms with E-state index in [1.165, 1.54) is 0 Å². The van der Waals surface area contributed by atoms with Crippen LogP contribution in [0.1, 0.15) is 70.3 Å². The molecule has 7 nitrogen and oxygen atoms in total. The second-order valence-corrected chi connectivity index (χ2v) is 8.83. The quantitative estimate of drug-likeness (QED) is 0.788. The lowest BCUT2D eigenvalue weighted by Crippen LogP contribution is -2.57. The predicted octanol–water partition coefficient (Wildman–Crippen LogP) is 3.39. The van der Waals surface area contributed by atoms with E-state index in [-0.39, 0.29) is 24.0 Å². The molecule has 7 heteroatoms. The van der Waals surface area contributed by atoms with Gasteiger partial charge in [0, 0.05) is 44.0 Å². The lowest BCUT2D eigenvalue weighted by Gasteiger charge is -2.42. The zero-order chi connectivity index (χ0) is 21.2. The Bertz CT molecular complexity index is 720. The summed E-state index contributed by atoms with van der Waals surface area (Å²) >= 11 is 0. The number of hydrogen-bond acceptors (Lipinski definition) is 4. The second-order valence-electron chi connectivity index (χ2n) is 8.83. The maximum absolute atomic E-state index is 13.4. The number of piperazine rings is 1. The third-order valence-electron chi connectivity index (χ3n) is 5.41. The van der Waals surface area contributed by atoms with E-state index in [2.05, 4.69) is 12.0 Å². The van der Waals surface area contributed by atoms with Gasteiger partial charge in [0.15, 0.2) is 0 Å². The van der Waals surface area contributed by atoms with E-state index < -0.39 is 5.60 Å². The van der Waals surface area contributed by atoms with Crippen LogP contribution in [0, 0.1) is 13.8 Å². The Morgan fingerprint density at radius 3 is 2.39 bits per heavy atom. The average molecular weight is 393 g/mol. The van der Waals surface area contributed by atoms with Crippen LogP contribution in [0.15, 0.2) is 0 Å². The minimum atomic E-state index is -0.520. The first-order valence-corrected chi connectivity index (χ1v) is 10.2. The highest BCUT2D eigenvalue weighted by atomic mass is 16.6. The number of nitrogens with zero attached hydrogens (tertiary/aromatic N) is 4. The molecule has 2 heterocycles. The molecule has 2 rings (SSSR count). The van der Waals surface area contributed by atoms with Gasteiger partial charge in [0.05, 0.1) is 11.6 Å². The molecule has 1 saturated heterocycles. The molecule has 0 spiro atoms. The number of aryl methyl sites for hydroxylation is 2. The van der Waals surface area contributed by atoms with Crippen molar-refractivity contribution in [3.8, 4) is 0 Å². The largest absolute Gasteiger partial charge is 0.444 e. The molecule has 1 fully saturated rings. The van der Waals surface area contributed by atoms with E-state index in [0.717, 1.165) is 29.8 Å². The average Bonchev–Trinajstić information content (AvgIpc) is 2.84. The van der Waals surface area contributed by atoms with Gasteiger partial charge in [0.1, 0.15) is 5.60 Å². The molecule has 0 saturated carbocycles. The minimum Gasteiger partial charge on any atom is -0.444 e. The van der Waals surface area contributed by atoms with Crippen LogP contribution < -0.4 is 0 Å². The third kappa shape index (κ3) is 4.86. The summed E-state index contributed by atoms with van der Waals surface area (Å²) in [5.41, 5.74) is 2.42. The highest BCUT2D eigenvalue weighted by Crippen LogP contribution is 2.27. The van der Waals surface area contributed by atoms with Crippen LogP contribution in [-0.2, 0) is 16.6 Å². The highest BCUT2D eigenvalue weighted by Gasteiger charge is 2.36. The van der Waals surface area contributed by atoms with E-state index in [9.17, 15) is 9.59 Å². The molecule has 1 aromatic rings. The zero-order valence-electron chi connectivity index (χ0n) is 18.7. The topological polar surface area (TPSA) is 67.7 Å². The summed E-state index contributed by atoms with van der Waals surface area (Å²) in [5.74, 6) is -0.136. The number of carbonyl (C=O) groups excluding carboxylic acids is 2. The molecular weight excluding hydrogens is 356 g/mol. The van der Waals surface area contributed by atoms with Crippen LogP contribution >= 0.6 is 0 Å². The number of ether oxygens (including phenoxy) is 1. The van der Waals surface area contributed by atoms with Crippen molar-refractivity contribution < 1.29 is 14.3 Å². The van der Waals surface area contributed by atoms with Gasteiger partial charge >= 0.3 is 6.09 Å². The van der Waals surface area contributed by atoms with Crippen molar-refractivity contribution in [3.63, 3.8) is 0 Å². The Hall–Kier alpha value is -2.05. The van der Waals surface area contributed by atoms with Gasteiger partial charge in [-0.2, -0.15) is 5.10 Å². The molecule has 0 N–H and O–H groups in total. The molecule has 2 unspecified atom stereocenters. The predicted molar refractivity (Wildman–Crippen MR) is 109 cm³/mol. The van der Waals surface area contributed by atoms with Gasteiger partial charge in [-0.15, -0.1) is 0 Å². The molecule has 2 amide bonds. The van der Waals surface area contributed by atoms with Crippen LogP contribution in [0.25, 0.3) is 0 Å². The first-order chi connectivity index (χ1) is 13.0. The summed E-state index contributed by atoms with van der Waals surface area (Å²) in [7, 11) is 1.91. The lowest BCUT2D eigenvalue weighted by molar-refractivity contribution is -0.137. The van der Waals surface area contributed by atoms with Crippen molar-refractivity contribution in [1.82, 2.24) is 19.6 Å². The van der Waals surface area contributed by atoms with E-state index in [4.69, 9.17) is 4.74 Å². The van der Waals surface area contributed by atoms with Crippen molar-refractivity contribution in [2.45, 2.75) is 78.9 Å². The standard InChI is InChI=1S/C21H36N4O3/c1-9-10-17-13-24(20(27)28-21(5,6)7)11-12-25(17)19(26)14(2)18-15(3)22-23(8)16(18)4/h14,17H,9-13H2,1-8H3. The smallest absolute Gasteiger partial charge is 0.410 e. The highest BCUT2D eigenvalue weighted by molar-refractivity contribution is 5.84. The summed E-state index contributed by atoms with van der Waals surface area (Å²) in [6.07, 6.45) is 1.52. The first-order valence-electron chi connectivity index (χ1n) is 10.2.